The molecule has 0 aromatic heterocycles. The van der Waals surface area contributed by atoms with Crippen LogP contribution in [0, 0.1) is 29.6 Å². The quantitative estimate of drug-likeness (QED) is 0.731. The molecule has 0 saturated heterocycles. The number of carboxylic acid groups (broad SMARTS) is 1. The van der Waals surface area contributed by atoms with Gasteiger partial charge in [-0.3, -0.25) is 9.59 Å². The Morgan fingerprint density at radius 1 is 1.41 bits per heavy atom. The van der Waals surface area contributed by atoms with Crippen LogP contribution in [0.1, 0.15) is 27.2 Å². The third-order valence-electron chi connectivity index (χ3n) is 3.45. The molecule has 0 heterocycles. The van der Waals surface area contributed by atoms with E-state index >= 15 is 0 Å². The van der Waals surface area contributed by atoms with Crippen molar-refractivity contribution in [3.8, 4) is 12.3 Å². The monoisotopic (exact) mass is 237 g/mol. The van der Waals surface area contributed by atoms with E-state index in [1.165, 1.54) is 0 Å². The first-order valence-corrected chi connectivity index (χ1v) is 5.83. The second-order valence-corrected chi connectivity index (χ2v) is 5.08. The highest BCUT2D eigenvalue weighted by Gasteiger charge is 2.66. The minimum Gasteiger partial charge on any atom is -0.481 e. The van der Waals surface area contributed by atoms with Crippen molar-refractivity contribution in [3.63, 3.8) is 0 Å². The fraction of sp³-hybridized carbons (Fsp3) is 0.692. The number of rotatable bonds is 5. The van der Waals surface area contributed by atoms with Crippen molar-refractivity contribution >= 4 is 11.9 Å². The molecule has 17 heavy (non-hydrogen) atoms. The lowest BCUT2D eigenvalue weighted by Crippen LogP contribution is -2.34. The maximum absolute atomic E-state index is 12.2. The average molecular weight is 237 g/mol. The summed E-state index contributed by atoms with van der Waals surface area (Å²) in [5, 5.41) is 9.04. The van der Waals surface area contributed by atoms with Gasteiger partial charge >= 0.3 is 5.97 Å². The van der Waals surface area contributed by atoms with Gasteiger partial charge in [-0.25, -0.2) is 0 Å². The number of carboxylic acids is 1. The highest BCUT2D eigenvalue weighted by Crippen LogP contribution is 2.58. The van der Waals surface area contributed by atoms with Gasteiger partial charge in [0.05, 0.1) is 18.4 Å². The molecule has 0 aromatic rings. The number of hydrogen-bond acceptors (Lipinski definition) is 2. The predicted molar refractivity (Wildman–Crippen MR) is 64.1 cm³/mol. The van der Waals surface area contributed by atoms with Gasteiger partial charge < -0.3 is 10.0 Å². The summed E-state index contributed by atoms with van der Waals surface area (Å²) in [7, 11) is 0. The minimum atomic E-state index is -0.898. The normalized spacial score (nSPS) is 24.8. The van der Waals surface area contributed by atoms with E-state index in [1.54, 1.807) is 4.90 Å². The summed E-state index contributed by atoms with van der Waals surface area (Å²) in [6, 6.07) is 0. The molecule has 0 unspecified atom stereocenters. The summed E-state index contributed by atoms with van der Waals surface area (Å²) in [5.41, 5.74) is -0.455. The number of terminal acetylenes is 1. The third kappa shape index (κ3) is 2.44. The molecule has 0 bridgehead atoms. The topological polar surface area (TPSA) is 57.6 Å². The van der Waals surface area contributed by atoms with Gasteiger partial charge in [0.15, 0.2) is 0 Å². The van der Waals surface area contributed by atoms with Gasteiger partial charge in [0.25, 0.3) is 0 Å². The lowest BCUT2D eigenvalue weighted by molar-refractivity contribution is -0.141. The number of carbonyl (C=O) groups excluding carboxylic acids is 1. The Hall–Kier alpha value is -1.50. The van der Waals surface area contributed by atoms with E-state index in [9.17, 15) is 9.59 Å². The van der Waals surface area contributed by atoms with E-state index in [4.69, 9.17) is 11.5 Å². The molecule has 4 nitrogen and oxygen atoms in total. The van der Waals surface area contributed by atoms with Crippen molar-refractivity contribution < 1.29 is 14.7 Å². The Kier molecular flexibility index (Phi) is 3.82. The van der Waals surface area contributed by atoms with E-state index in [0.29, 0.717) is 6.54 Å². The highest BCUT2D eigenvalue weighted by molar-refractivity contribution is 5.91. The minimum absolute atomic E-state index is 0.123. The fourth-order valence-corrected chi connectivity index (χ4v) is 2.40. The van der Waals surface area contributed by atoms with Crippen molar-refractivity contribution in [1.29, 1.82) is 0 Å². The van der Waals surface area contributed by atoms with Gasteiger partial charge in [-0.1, -0.05) is 26.7 Å². The van der Waals surface area contributed by atoms with Crippen LogP contribution < -0.4 is 0 Å². The van der Waals surface area contributed by atoms with Crippen LogP contribution in [-0.4, -0.2) is 35.0 Å². The number of nitrogens with zero attached hydrogens (tertiary/aromatic N) is 1. The second kappa shape index (κ2) is 4.79. The first-order valence-electron chi connectivity index (χ1n) is 5.83. The molecule has 1 saturated carbocycles. The van der Waals surface area contributed by atoms with Crippen molar-refractivity contribution in [2.75, 3.05) is 13.1 Å². The Morgan fingerprint density at radius 2 is 2.00 bits per heavy atom. The first kappa shape index (κ1) is 13.6. The maximum Gasteiger partial charge on any atom is 0.307 e. The molecular weight excluding hydrogens is 218 g/mol. The third-order valence-corrected chi connectivity index (χ3v) is 3.45. The predicted octanol–water partition coefficient (Wildman–Crippen LogP) is 1.21. The highest BCUT2D eigenvalue weighted by atomic mass is 16.4. The van der Waals surface area contributed by atoms with E-state index < -0.39 is 23.2 Å². The van der Waals surface area contributed by atoms with E-state index in [1.807, 2.05) is 20.8 Å². The molecule has 0 aromatic carbocycles. The summed E-state index contributed by atoms with van der Waals surface area (Å²) < 4.78 is 0. The van der Waals surface area contributed by atoms with Crippen LogP contribution in [0.5, 0.6) is 0 Å². The fourth-order valence-electron chi connectivity index (χ4n) is 2.40. The SMILES string of the molecule is C#CCN(CCC)C(=O)[C@H]1[C@@H](C(=O)O)C1(C)C. The van der Waals surface area contributed by atoms with Crippen LogP contribution in [-0.2, 0) is 9.59 Å². The van der Waals surface area contributed by atoms with Crippen molar-refractivity contribution in [2.45, 2.75) is 27.2 Å². The standard InChI is InChI=1S/C13H19NO3/c1-5-7-14(8-6-2)11(15)9-10(12(16)17)13(9,3)4/h1,9-10H,6-8H2,2-4H3,(H,16,17)/t9-,10+/m1/s1. The van der Waals surface area contributed by atoms with Gasteiger partial charge in [-0.15, -0.1) is 6.42 Å². The molecule has 0 radical (unpaired) electrons. The van der Waals surface area contributed by atoms with Crippen LogP contribution in [0.15, 0.2) is 0 Å². The van der Waals surface area contributed by atoms with Gasteiger partial charge in [-0.05, 0) is 11.8 Å². The number of hydrogen-bond donors (Lipinski definition) is 1. The Labute approximate surface area is 102 Å². The zero-order chi connectivity index (χ0) is 13.2. The summed E-state index contributed by atoms with van der Waals surface area (Å²) in [6.45, 7) is 6.43. The Morgan fingerprint density at radius 3 is 2.35 bits per heavy atom. The number of aliphatic carboxylic acids is 1. The number of carbonyl (C=O) groups is 2. The van der Waals surface area contributed by atoms with Crippen molar-refractivity contribution in [3.05, 3.63) is 0 Å². The molecule has 1 rings (SSSR count). The molecule has 1 N–H and O–H groups in total. The smallest absolute Gasteiger partial charge is 0.307 e. The molecular formula is C13H19NO3. The molecule has 4 heteroatoms. The zero-order valence-corrected chi connectivity index (χ0v) is 10.6. The molecule has 1 aliphatic carbocycles. The summed E-state index contributed by atoms with van der Waals surface area (Å²) in [5.74, 6) is 0.417. The summed E-state index contributed by atoms with van der Waals surface area (Å²) >= 11 is 0. The van der Waals surface area contributed by atoms with E-state index in [-0.39, 0.29) is 12.5 Å². The van der Waals surface area contributed by atoms with E-state index in [0.717, 1.165) is 6.42 Å². The lowest BCUT2D eigenvalue weighted by atomic mass is 10.1. The maximum atomic E-state index is 12.2. The Balaban J connectivity index is 2.77. The van der Waals surface area contributed by atoms with Gasteiger partial charge in [0.1, 0.15) is 0 Å². The molecule has 1 fully saturated rings. The zero-order valence-electron chi connectivity index (χ0n) is 10.6. The van der Waals surface area contributed by atoms with Crippen LogP contribution >= 0.6 is 0 Å². The Bertz CT molecular complexity index is 367. The largest absolute Gasteiger partial charge is 0.481 e. The molecule has 0 spiro atoms. The molecule has 0 aliphatic heterocycles. The van der Waals surface area contributed by atoms with Crippen LogP contribution in [0.25, 0.3) is 0 Å². The molecule has 1 aliphatic rings. The van der Waals surface area contributed by atoms with Gasteiger partial charge in [0.2, 0.25) is 5.91 Å². The van der Waals surface area contributed by atoms with Crippen molar-refractivity contribution in [1.82, 2.24) is 4.90 Å². The lowest BCUT2D eigenvalue weighted by Gasteiger charge is -2.20. The van der Waals surface area contributed by atoms with Crippen LogP contribution in [0.2, 0.25) is 0 Å². The number of amides is 1. The van der Waals surface area contributed by atoms with E-state index in [2.05, 4.69) is 5.92 Å². The molecule has 2 atom stereocenters. The first-order chi connectivity index (χ1) is 7.87. The summed E-state index contributed by atoms with van der Waals surface area (Å²) in [4.78, 5) is 24.8. The summed E-state index contributed by atoms with van der Waals surface area (Å²) in [6.07, 6.45) is 6.04. The van der Waals surface area contributed by atoms with Gasteiger partial charge in [-0.2, -0.15) is 0 Å². The van der Waals surface area contributed by atoms with Gasteiger partial charge in [0, 0.05) is 6.54 Å². The molecule has 94 valence electrons. The van der Waals surface area contributed by atoms with Crippen LogP contribution in [0.3, 0.4) is 0 Å². The average Bonchev–Trinajstić information content (AvgIpc) is 2.80. The second-order valence-electron chi connectivity index (χ2n) is 5.08. The molecule has 1 amide bonds. The van der Waals surface area contributed by atoms with Crippen molar-refractivity contribution in [2.24, 2.45) is 17.3 Å². The van der Waals surface area contributed by atoms with Crippen LogP contribution in [0.4, 0.5) is 0 Å².